The van der Waals surface area contributed by atoms with Gasteiger partial charge in [0.2, 0.25) is 0 Å². The third-order valence-electron chi connectivity index (χ3n) is 3.32. The van der Waals surface area contributed by atoms with E-state index in [9.17, 15) is 4.79 Å². The van der Waals surface area contributed by atoms with Crippen LogP contribution in [0, 0.1) is 0 Å². The normalized spacial score (nSPS) is 10.6. The standard InChI is InChI=1S/C13H21N3O.HI/c1-4-16(3,5-2)10-15-13(17)11-6-8-12(14)9-7-11;/h6-9H,4-5,10H2,1-3H3,(H2-,14,15,17);1H. The molecular weight excluding hydrogens is 341 g/mol. The van der Waals surface area contributed by atoms with Gasteiger partial charge in [0.25, 0.3) is 5.91 Å². The van der Waals surface area contributed by atoms with E-state index in [1.165, 1.54) is 0 Å². The van der Waals surface area contributed by atoms with Crippen molar-refractivity contribution in [1.29, 1.82) is 0 Å². The van der Waals surface area contributed by atoms with Gasteiger partial charge in [-0.15, -0.1) is 0 Å². The zero-order valence-corrected chi connectivity index (χ0v) is 13.4. The molecule has 0 saturated heterocycles. The van der Waals surface area contributed by atoms with Crippen molar-refractivity contribution in [2.45, 2.75) is 13.8 Å². The van der Waals surface area contributed by atoms with E-state index in [0.29, 0.717) is 17.9 Å². The molecule has 0 radical (unpaired) electrons. The number of nitrogen functional groups attached to an aromatic ring is 1. The van der Waals surface area contributed by atoms with Crippen LogP contribution in [0.25, 0.3) is 0 Å². The molecule has 1 amide bonds. The van der Waals surface area contributed by atoms with Crippen LogP contribution >= 0.6 is 0 Å². The SMILES string of the molecule is CC[N+](C)(CC)CNC(=O)c1ccc(N)cc1.[I-]. The minimum Gasteiger partial charge on any atom is -1.00 e. The number of nitrogens with two attached hydrogens (primary N) is 1. The Hall–Kier alpha value is -0.820. The predicted octanol–water partition coefficient (Wildman–Crippen LogP) is -1.55. The molecule has 0 aliphatic rings. The molecule has 0 fully saturated rings. The molecule has 3 N–H and O–H groups in total. The highest BCUT2D eigenvalue weighted by molar-refractivity contribution is 5.94. The van der Waals surface area contributed by atoms with Gasteiger partial charge in [0.15, 0.2) is 6.67 Å². The van der Waals surface area contributed by atoms with Crippen LogP contribution in [0.2, 0.25) is 0 Å². The van der Waals surface area contributed by atoms with E-state index in [-0.39, 0.29) is 29.9 Å². The lowest BCUT2D eigenvalue weighted by molar-refractivity contribution is -0.907. The number of hydrogen-bond acceptors (Lipinski definition) is 2. The molecule has 0 atom stereocenters. The number of halogens is 1. The van der Waals surface area contributed by atoms with E-state index in [4.69, 9.17) is 5.73 Å². The first-order chi connectivity index (χ1) is 8.00. The molecule has 0 aromatic heterocycles. The summed E-state index contributed by atoms with van der Waals surface area (Å²) >= 11 is 0. The van der Waals surface area contributed by atoms with Gasteiger partial charge in [-0.1, -0.05) is 0 Å². The van der Waals surface area contributed by atoms with Gasteiger partial charge in [0, 0.05) is 11.3 Å². The smallest absolute Gasteiger partial charge is 0.255 e. The van der Waals surface area contributed by atoms with Gasteiger partial charge in [-0.2, -0.15) is 0 Å². The lowest BCUT2D eigenvalue weighted by Gasteiger charge is -2.31. The Morgan fingerprint density at radius 2 is 1.72 bits per heavy atom. The Bertz CT molecular complexity index is 374. The molecule has 1 rings (SSSR count). The average molecular weight is 363 g/mol. The number of carbonyl (C=O) groups excluding carboxylic acids is 1. The number of anilines is 1. The highest BCUT2D eigenvalue weighted by Crippen LogP contribution is 2.06. The zero-order chi connectivity index (χ0) is 12.9. The van der Waals surface area contributed by atoms with Crippen LogP contribution < -0.4 is 35.0 Å². The second kappa shape index (κ2) is 7.58. The summed E-state index contributed by atoms with van der Waals surface area (Å²) in [5.41, 5.74) is 6.90. The molecule has 0 heterocycles. The van der Waals surface area contributed by atoms with Gasteiger partial charge in [-0.25, -0.2) is 0 Å². The highest BCUT2D eigenvalue weighted by atomic mass is 127. The molecule has 0 spiro atoms. The van der Waals surface area contributed by atoms with E-state index in [1.54, 1.807) is 24.3 Å². The maximum absolute atomic E-state index is 11.9. The van der Waals surface area contributed by atoms with Gasteiger partial charge in [0.1, 0.15) is 0 Å². The molecule has 4 nitrogen and oxygen atoms in total. The Balaban J connectivity index is 0.00000289. The fourth-order valence-corrected chi connectivity index (χ4v) is 1.45. The Labute approximate surface area is 126 Å². The quantitative estimate of drug-likeness (QED) is 0.288. The summed E-state index contributed by atoms with van der Waals surface area (Å²) in [5.74, 6) is -0.0451. The Morgan fingerprint density at radius 1 is 1.22 bits per heavy atom. The molecule has 0 aliphatic carbocycles. The predicted molar refractivity (Wildman–Crippen MR) is 70.5 cm³/mol. The van der Waals surface area contributed by atoms with Gasteiger partial charge in [0.05, 0.1) is 20.1 Å². The lowest BCUT2D eigenvalue weighted by atomic mass is 10.2. The molecule has 1 aromatic carbocycles. The third kappa shape index (κ3) is 4.81. The second-order valence-electron chi connectivity index (χ2n) is 4.54. The first kappa shape index (κ1) is 17.2. The van der Waals surface area contributed by atoms with Gasteiger partial charge in [-0.3, -0.25) is 4.79 Å². The summed E-state index contributed by atoms with van der Waals surface area (Å²) in [7, 11) is 2.13. The number of carbonyl (C=O) groups is 1. The van der Waals surface area contributed by atoms with E-state index in [0.717, 1.165) is 17.6 Å². The molecule has 1 aromatic rings. The fourth-order valence-electron chi connectivity index (χ4n) is 1.45. The van der Waals surface area contributed by atoms with Crippen molar-refractivity contribution in [1.82, 2.24) is 5.32 Å². The van der Waals surface area contributed by atoms with Crippen LogP contribution in [-0.2, 0) is 0 Å². The molecule has 0 bridgehead atoms. The Morgan fingerprint density at radius 3 is 2.17 bits per heavy atom. The largest absolute Gasteiger partial charge is 1.00 e. The molecule has 0 saturated carbocycles. The summed E-state index contributed by atoms with van der Waals surface area (Å²) in [5, 5.41) is 2.95. The summed E-state index contributed by atoms with van der Waals surface area (Å²) in [6.45, 7) is 6.89. The van der Waals surface area contributed by atoms with Gasteiger partial charge in [-0.05, 0) is 38.1 Å². The van der Waals surface area contributed by atoms with Gasteiger partial charge >= 0.3 is 0 Å². The summed E-state index contributed by atoms with van der Waals surface area (Å²) in [6.07, 6.45) is 0. The average Bonchev–Trinajstić information content (AvgIpc) is 2.36. The van der Waals surface area contributed by atoms with Crippen LogP contribution in [0.15, 0.2) is 24.3 Å². The number of nitrogens with zero attached hydrogens (tertiary/aromatic N) is 1. The van der Waals surface area contributed by atoms with Crippen LogP contribution in [0.4, 0.5) is 5.69 Å². The topological polar surface area (TPSA) is 55.1 Å². The van der Waals surface area contributed by atoms with Crippen LogP contribution in [0.5, 0.6) is 0 Å². The second-order valence-corrected chi connectivity index (χ2v) is 4.54. The van der Waals surface area contributed by atoms with Crippen LogP contribution in [-0.4, -0.2) is 37.2 Å². The molecule has 18 heavy (non-hydrogen) atoms. The molecule has 0 aliphatic heterocycles. The summed E-state index contributed by atoms with van der Waals surface area (Å²) < 4.78 is 0.834. The van der Waals surface area contributed by atoms with Crippen molar-refractivity contribution in [2.75, 3.05) is 32.5 Å². The zero-order valence-electron chi connectivity index (χ0n) is 11.2. The number of rotatable bonds is 5. The minimum absolute atomic E-state index is 0. The third-order valence-corrected chi connectivity index (χ3v) is 3.32. The number of quaternary nitrogens is 1. The van der Waals surface area contributed by atoms with Crippen molar-refractivity contribution in [3.8, 4) is 0 Å². The summed E-state index contributed by atoms with van der Waals surface area (Å²) in [4.78, 5) is 11.9. The summed E-state index contributed by atoms with van der Waals surface area (Å²) in [6, 6.07) is 6.96. The van der Waals surface area contributed by atoms with Crippen molar-refractivity contribution >= 4 is 11.6 Å². The maximum atomic E-state index is 11.9. The first-order valence-corrected chi connectivity index (χ1v) is 5.98. The van der Waals surface area contributed by atoms with E-state index in [2.05, 4.69) is 26.2 Å². The fraction of sp³-hybridized carbons (Fsp3) is 0.462. The van der Waals surface area contributed by atoms with E-state index < -0.39 is 0 Å². The van der Waals surface area contributed by atoms with E-state index in [1.807, 2.05) is 0 Å². The molecular formula is C13H22IN3O. The number of hydrogen-bond donors (Lipinski definition) is 2. The van der Waals surface area contributed by atoms with Gasteiger partial charge < -0.3 is 39.5 Å². The first-order valence-electron chi connectivity index (χ1n) is 5.98. The maximum Gasteiger partial charge on any atom is 0.255 e. The van der Waals surface area contributed by atoms with Crippen LogP contribution in [0.1, 0.15) is 24.2 Å². The monoisotopic (exact) mass is 363 g/mol. The number of benzene rings is 1. The molecule has 102 valence electrons. The van der Waals surface area contributed by atoms with Crippen molar-refractivity contribution in [2.24, 2.45) is 0 Å². The van der Waals surface area contributed by atoms with Crippen molar-refractivity contribution in [3.05, 3.63) is 29.8 Å². The highest BCUT2D eigenvalue weighted by Gasteiger charge is 2.17. The lowest BCUT2D eigenvalue weighted by Crippen LogP contribution is -3.00. The van der Waals surface area contributed by atoms with E-state index >= 15 is 0 Å². The Kier molecular flexibility index (Phi) is 7.23. The minimum atomic E-state index is -0.0451. The van der Waals surface area contributed by atoms with Crippen molar-refractivity contribution < 1.29 is 33.3 Å². The molecule has 5 heteroatoms. The number of nitrogens with one attached hydrogen (secondary N) is 1. The van der Waals surface area contributed by atoms with Crippen molar-refractivity contribution in [3.63, 3.8) is 0 Å². The van der Waals surface area contributed by atoms with Crippen LogP contribution in [0.3, 0.4) is 0 Å². The molecule has 0 unspecified atom stereocenters. The number of amides is 1.